The third kappa shape index (κ3) is 2.34. The Morgan fingerprint density at radius 2 is 1.96 bits per heavy atom. The van der Waals surface area contributed by atoms with Crippen molar-refractivity contribution in [1.29, 1.82) is 0 Å². The minimum atomic E-state index is -3.88. The topological polar surface area (TPSA) is 80.4 Å². The first-order valence-corrected chi connectivity index (χ1v) is 8.44. The van der Waals surface area contributed by atoms with E-state index in [-0.39, 0.29) is 5.75 Å². The van der Waals surface area contributed by atoms with Gasteiger partial charge in [0.15, 0.2) is 5.75 Å². The second-order valence-electron chi connectivity index (χ2n) is 5.28. The van der Waals surface area contributed by atoms with Gasteiger partial charge >= 0.3 is 10.3 Å². The van der Waals surface area contributed by atoms with Gasteiger partial charge in [0, 0.05) is 34.3 Å². The number of rotatable bonds is 2. The smallest absolute Gasteiger partial charge is 0.383 e. The fraction of sp³-hybridized carbons (Fsp3) is 0.125. The Hall–Kier alpha value is -2.51. The second kappa shape index (κ2) is 5.00. The third-order valence-corrected chi connectivity index (χ3v) is 4.85. The summed E-state index contributed by atoms with van der Waals surface area (Å²) in [6, 6.07) is 12.4. The molecule has 1 atom stereocenters. The van der Waals surface area contributed by atoms with E-state index < -0.39 is 16.3 Å². The van der Waals surface area contributed by atoms with Crippen LogP contribution in [-0.4, -0.2) is 20.5 Å². The summed E-state index contributed by atoms with van der Waals surface area (Å²) in [6.45, 7) is 0. The van der Waals surface area contributed by atoms with Gasteiger partial charge in [-0.3, -0.25) is 0 Å². The molecular weight excluding hydrogens is 316 g/mol. The second-order valence-corrected chi connectivity index (χ2v) is 6.59. The van der Waals surface area contributed by atoms with Crippen molar-refractivity contribution in [3.8, 4) is 11.5 Å². The molecule has 2 heterocycles. The highest BCUT2D eigenvalue weighted by Gasteiger charge is 2.33. The molecule has 2 aromatic carbocycles. The predicted octanol–water partition coefficient (Wildman–Crippen LogP) is 2.49. The lowest BCUT2D eigenvalue weighted by molar-refractivity contribution is 0.406. The highest BCUT2D eigenvalue weighted by molar-refractivity contribution is 7.85. The molecule has 0 saturated heterocycles. The van der Waals surface area contributed by atoms with Gasteiger partial charge in [-0.15, -0.1) is 0 Å². The number of nitrogens with one attached hydrogen (secondary N) is 2. The lowest BCUT2D eigenvalue weighted by atomic mass is 9.98. The summed E-state index contributed by atoms with van der Waals surface area (Å²) in [4.78, 5) is 3.17. The molecule has 0 aliphatic carbocycles. The van der Waals surface area contributed by atoms with E-state index in [1.165, 1.54) is 7.11 Å². The summed E-state index contributed by atoms with van der Waals surface area (Å²) in [5.41, 5.74) is 2.53. The zero-order valence-corrected chi connectivity index (χ0v) is 13.1. The van der Waals surface area contributed by atoms with Crippen LogP contribution in [0.3, 0.4) is 0 Å². The maximum Gasteiger partial charge on any atom is 0.383 e. The molecule has 1 aliphatic heterocycles. The molecule has 0 radical (unpaired) electrons. The van der Waals surface area contributed by atoms with Crippen LogP contribution in [0, 0.1) is 0 Å². The Kier molecular flexibility index (Phi) is 3.07. The molecule has 0 bridgehead atoms. The monoisotopic (exact) mass is 330 g/mol. The SMILES string of the molecule is COc1ccc2c(c1)OS(=O)(=O)NC2c1c[nH]c2ccccc12. The highest BCUT2D eigenvalue weighted by Crippen LogP contribution is 2.39. The molecule has 3 aromatic rings. The molecule has 2 N–H and O–H groups in total. The zero-order valence-electron chi connectivity index (χ0n) is 12.2. The van der Waals surface area contributed by atoms with Crippen LogP contribution in [0.25, 0.3) is 10.9 Å². The minimum absolute atomic E-state index is 0.276. The van der Waals surface area contributed by atoms with Crippen molar-refractivity contribution < 1.29 is 17.3 Å². The van der Waals surface area contributed by atoms with Gasteiger partial charge < -0.3 is 13.9 Å². The standard InChI is InChI=1S/C16H14N2O4S/c1-21-10-6-7-12-15(8-10)22-23(19,20)18-16(12)13-9-17-14-5-3-2-4-11(13)14/h2-9,16-18H,1H3. The van der Waals surface area contributed by atoms with Crippen LogP contribution in [0.1, 0.15) is 17.2 Å². The van der Waals surface area contributed by atoms with Crippen LogP contribution in [0.15, 0.2) is 48.7 Å². The molecule has 0 spiro atoms. The number of para-hydroxylation sites is 1. The molecule has 0 saturated carbocycles. The number of ether oxygens (including phenoxy) is 1. The first kappa shape index (κ1) is 14.1. The molecule has 6 nitrogen and oxygen atoms in total. The molecule has 0 amide bonds. The maximum absolute atomic E-state index is 12.1. The van der Waals surface area contributed by atoms with E-state index >= 15 is 0 Å². The molecule has 1 aromatic heterocycles. The van der Waals surface area contributed by atoms with E-state index in [1.54, 1.807) is 12.1 Å². The van der Waals surface area contributed by atoms with Crippen LogP contribution in [0.5, 0.6) is 11.5 Å². The Labute approximate surface area is 133 Å². The van der Waals surface area contributed by atoms with E-state index in [1.807, 2.05) is 36.5 Å². The van der Waals surface area contributed by atoms with E-state index in [9.17, 15) is 8.42 Å². The Morgan fingerprint density at radius 1 is 1.13 bits per heavy atom. The lowest BCUT2D eigenvalue weighted by Crippen LogP contribution is -2.37. The van der Waals surface area contributed by atoms with Gasteiger partial charge in [-0.1, -0.05) is 18.2 Å². The fourth-order valence-corrected chi connectivity index (χ4v) is 3.84. The van der Waals surface area contributed by atoms with Crippen LogP contribution < -0.4 is 13.6 Å². The lowest BCUT2D eigenvalue weighted by Gasteiger charge is -2.26. The highest BCUT2D eigenvalue weighted by atomic mass is 32.2. The van der Waals surface area contributed by atoms with Gasteiger partial charge in [-0.05, 0) is 18.2 Å². The van der Waals surface area contributed by atoms with Crippen molar-refractivity contribution in [3.05, 3.63) is 59.8 Å². The first-order valence-electron chi connectivity index (χ1n) is 7.03. The van der Waals surface area contributed by atoms with Crippen LogP contribution in [-0.2, 0) is 10.3 Å². The van der Waals surface area contributed by atoms with Crippen LogP contribution >= 0.6 is 0 Å². The molecule has 118 valence electrons. The minimum Gasteiger partial charge on any atom is -0.497 e. The van der Waals surface area contributed by atoms with E-state index in [0.29, 0.717) is 5.75 Å². The molecule has 1 unspecified atom stereocenters. The van der Waals surface area contributed by atoms with Crippen molar-refractivity contribution in [2.45, 2.75) is 6.04 Å². The van der Waals surface area contributed by atoms with Gasteiger partial charge in [-0.25, -0.2) is 0 Å². The molecule has 7 heteroatoms. The van der Waals surface area contributed by atoms with Gasteiger partial charge in [0.2, 0.25) is 0 Å². The zero-order chi connectivity index (χ0) is 16.0. The number of hydrogen-bond donors (Lipinski definition) is 2. The van der Waals surface area contributed by atoms with Crippen molar-refractivity contribution in [2.24, 2.45) is 0 Å². The molecule has 0 fully saturated rings. The third-order valence-electron chi connectivity index (χ3n) is 3.93. The summed E-state index contributed by atoms with van der Waals surface area (Å²) in [5, 5.41) is 0.962. The van der Waals surface area contributed by atoms with Crippen molar-refractivity contribution >= 4 is 21.2 Å². The summed E-state index contributed by atoms with van der Waals surface area (Å²) in [6.07, 6.45) is 1.82. The number of methoxy groups -OCH3 is 1. The Balaban J connectivity index is 1.92. The van der Waals surface area contributed by atoms with Crippen molar-refractivity contribution in [3.63, 3.8) is 0 Å². The Bertz CT molecular complexity index is 994. The van der Waals surface area contributed by atoms with Crippen LogP contribution in [0.4, 0.5) is 0 Å². The normalized spacial score (nSPS) is 19.1. The molecule has 4 rings (SSSR count). The quantitative estimate of drug-likeness (QED) is 0.756. The fourth-order valence-electron chi connectivity index (χ4n) is 2.87. The van der Waals surface area contributed by atoms with Gasteiger partial charge in [0.25, 0.3) is 0 Å². The van der Waals surface area contributed by atoms with Gasteiger partial charge in [-0.2, -0.15) is 13.1 Å². The maximum atomic E-state index is 12.1. The molecular formula is C16H14N2O4S. The summed E-state index contributed by atoms with van der Waals surface area (Å²) in [5.74, 6) is 0.817. The molecule has 1 aliphatic rings. The number of hydrogen-bond acceptors (Lipinski definition) is 4. The van der Waals surface area contributed by atoms with Gasteiger partial charge in [0.05, 0.1) is 13.2 Å². The Morgan fingerprint density at radius 3 is 2.78 bits per heavy atom. The average molecular weight is 330 g/mol. The first-order chi connectivity index (χ1) is 11.1. The number of aromatic amines is 1. The van der Waals surface area contributed by atoms with Crippen molar-refractivity contribution in [2.75, 3.05) is 7.11 Å². The van der Waals surface area contributed by atoms with E-state index in [4.69, 9.17) is 8.92 Å². The number of fused-ring (bicyclic) bond motifs is 2. The van der Waals surface area contributed by atoms with E-state index in [0.717, 1.165) is 22.0 Å². The summed E-state index contributed by atoms with van der Waals surface area (Å²) < 4.78 is 36.9. The number of benzene rings is 2. The summed E-state index contributed by atoms with van der Waals surface area (Å²) in [7, 11) is -2.36. The van der Waals surface area contributed by atoms with Crippen LogP contribution in [0.2, 0.25) is 0 Å². The van der Waals surface area contributed by atoms with Crippen molar-refractivity contribution in [1.82, 2.24) is 9.71 Å². The number of aromatic nitrogens is 1. The largest absolute Gasteiger partial charge is 0.497 e. The molecule has 23 heavy (non-hydrogen) atoms. The number of H-pyrrole nitrogens is 1. The van der Waals surface area contributed by atoms with Gasteiger partial charge in [0.1, 0.15) is 5.75 Å². The summed E-state index contributed by atoms with van der Waals surface area (Å²) >= 11 is 0. The average Bonchev–Trinajstić information content (AvgIpc) is 2.96. The van der Waals surface area contributed by atoms with E-state index in [2.05, 4.69) is 9.71 Å². The predicted molar refractivity (Wildman–Crippen MR) is 85.8 cm³/mol.